The van der Waals surface area contributed by atoms with Crippen LogP contribution in [0.15, 0.2) is 42.6 Å². The van der Waals surface area contributed by atoms with Crippen LogP contribution in [0.5, 0.6) is 5.88 Å². The van der Waals surface area contributed by atoms with Crippen LogP contribution >= 0.6 is 0 Å². The topological polar surface area (TPSA) is 75.7 Å². The second-order valence-corrected chi connectivity index (χ2v) is 6.45. The Hall–Kier alpha value is -2.80. The fraction of sp³-hybridized carbons (Fsp3) is 0.400. The van der Waals surface area contributed by atoms with Crippen molar-refractivity contribution in [3.05, 3.63) is 53.7 Å². The first-order valence-corrected chi connectivity index (χ1v) is 9.11. The average Bonchev–Trinajstić information content (AvgIpc) is 2.73. The Morgan fingerprint density at radius 2 is 2.00 bits per heavy atom. The highest BCUT2D eigenvalue weighted by atomic mass is 16.5. The summed E-state index contributed by atoms with van der Waals surface area (Å²) in [7, 11) is 1.57. The standard InChI is InChI=1S/C20H26N4O3/c1-15(17-3-5-18(6-4-17)24-9-11-27-12-10-24)23-20(25)22-14-16-7-8-21-19(13-16)26-2/h3-8,13,15H,9-12,14H2,1-2H3,(H2,22,23,25). The van der Waals surface area contributed by atoms with Crippen LogP contribution in [0, 0.1) is 0 Å². The number of carbonyl (C=O) groups excluding carboxylic acids is 1. The zero-order chi connectivity index (χ0) is 19.1. The summed E-state index contributed by atoms with van der Waals surface area (Å²) in [6.45, 7) is 5.74. The zero-order valence-corrected chi connectivity index (χ0v) is 15.8. The monoisotopic (exact) mass is 370 g/mol. The highest BCUT2D eigenvalue weighted by Crippen LogP contribution is 2.20. The van der Waals surface area contributed by atoms with E-state index in [9.17, 15) is 4.79 Å². The maximum atomic E-state index is 12.2. The van der Waals surface area contributed by atoms with Gasteiger partial charge in [0.25, 0.3) is 0 Å². The van der Waals surface area contributed by atoms with Crippen LogP contribution in [-0.4, -0.2) is 44.4 Å². The van der Waals surface area contributed by atoms with Crippen molar-refractivity contribution in [1.82, 2.24) is 15.6 Å². The van der Waals surface area contributed by atoms with E-state index in [1.54, 1.807) is 19.4 Å². The highest BCUT2D eigenvalue weighted by Gasteiger charge is 2.13. The van der Waals surface area contributed by atoms with Crippen molar-refractivity contribution in [3.63, 3.8) is 0 Å². The van der Waals surface area contributed by atoms with Gasteiger partial charge < -0.3 is 25.0 Å². The van der Waals surface area contributed by atoms with Gasteiger partial charge in [-0.15, -0.1) is 0 Å². The molecule has 1 aromatic heterocycles. The fourth-order valence-electron chi connectivity index (χ4n) is 2.98. The zero-order valence-electron chi connectivity index (χ0n) is 15.8. The number of hydrogen-bond acceptors (Lipinski definition) is 5. The Kier molecular flexibility index (Phi) is 6.49. The summed E-state index contributed by atoms with van der Waals surface area (Å²) >= 11 is 0. The number of pyridine rings is 1. The summed E-state index contributed by atoms with van der Waals surface area (Å²) in [5.41, 5.74) is 3.18. The molecule has 2 heterocycles. The van der Waals surface area contributed by atoms with Crippen molar-refractivity contribution >= 4 is 11.7 Å². The molecule has 27 heavy (non-hydrogen) atoms. The predicted molar refractivity (Wildman–Crippen MR) is 104 cm³/mol. The number of anilines is 1. The second kappa shape index (κ2) is 9.23. The molecule has 2 aromatic rings. The lowest BCUT2D eigenvalue weighted by Crippen LogP contribution is -2.37. The molecule has 0 aliphatic carbocycles. The van der Waals surface area contributed by atoms with Gasteiger partial charge in [0.15, 0.2) is 0 Å². The van der Waals surface area contributed by atoms with Crippen molar-refractivity contribution in [2.24, 2.45) is 0 Å². The van der Waals surface area contributed by atoms with Gasteiger partial charge in [-0.2, -0.15) is 0 Å². The largest absolute Gasteiger partial charge is 0.481 e. The van der Waals surface area contributed by atoms with E-state index in [1.807, 2.05) is 13.0 Å². The van der Waals surface area contributed by atoms with Gasteiger partial charge in [0.05, 0.1) is 26.4 Å². The van der Waals surface area contributed by atoms with E-state index in [0.717, 1.165) is 37.4 Å². The predicted octanol–water partition coefficient (Wildman–Crippen LogP) is 2.49. The van der Waals surface area contributed by atoms with Crippen molar-refractivity contribution in [2.75, 3.05) is 38.3 Å². The third kappa shape index (κ3) is 5.34. The summed E-state index contributed by atoms with van der Waals surface area (Å²) < 4.78 is 10.5. The van der Waals surface area contributed by atoms with Gasteiger partial charge >= 0.3 is 6.03 Å². The van der Waals surface area contributed by atoms with Crippen LogP contribution in [0.3, 0.4) is 0 Å². The van der Waals surface area contributed by atoms with Gasteiger partial charge in [0, 0.05) is 37.6 Å². The van der Waals surface area contributed by atoms with Crippen molar-refractivity contribution in [2.45, 2.75) is 19.5 Å². The van der Waals surface area contributed by atoms with Crippen molar-refractivity contribution < 1.29 is 14.3 Å². The molecule has 1 unspecified atom stereocenters. The Balaban J connectivity index is 1.50. The molecule has 1 atom stereocenters. The van der Waals surface area contributed by atoms with Crippen molar-refractivity contribution in [3.8, 4) is 5.88 Å². The number of carbonyl (C=O) groups is 1. The van der Waals surface area contributed by atoms with E-state index >= 15 is 0 Å². The molecule has 2 amide bonds. The molecular formula is C20H26N4O3. The van der Waals surface area contributed by atoms with Crippen LogP contribution in [-0.2, 0) is 11.3 Å². The number of urea groups is 1. The molecule has 1 aromatic carbocycles. The third-order valence-electron chi connectivity index (χ3n) is 4.58. The van der Waals surface area contributed by atoms with Gasteiger partial charge in [0.2, 0.25) is 5.88 Å². The summed E-state index contributed by atoms with van der Waals surface area (Å²) in [6.07, 6.45) is 1.66. The number of aromatic nitrogens is 1. The normalized spacial score (nSPS) is 15.1. The van der Waals surface area contributed by atoms with Crippen molar-refractivity contribution in [1.29, 1.82) is 0 Å². The Morgan fingerprint density at radius 3 is 2.70 bits per heavy atom. The number of ether oxygens (including phenoxy) is 2. The first kappa shape index (κ1) is 19.0. The van der Waals surface area contributed by atoms with Gasteiger partial charge in [-0.05, 0) is 36.2 Å². The van der Waals surface area contributed by atoms with Crippen LogP contribution < -0.4 is 20.3 Å². The molecule has 0 radical (unpaired) electrons. The Morgan fingerprint density at radius 1 is 1.26 bits per heavy atom. The van der Waals surface area contributed by atoms with Crippen LogP contribution in [0.1, 0.15) is 24.1 Å². The number of methoxy groups -OCH3 is 1. The molecule has 3 rings (SSSR count). The molecule has 0 saturated carbocycles. The lowest BCUT2D eigenvalue weighted by Gasteiger charge is -2.29. The molecule has 7 heteroatoms. The molecular weight excluding hydrogens is 344 g/mol. The van der Waals surface area contributed by atoms with Gasteiger partial charge in [-0.25, -0.2) is 9.78 Å². The molecule has 7 nitrogen and oxygen atoms in total. The number of benzene rings is 1. The summed E-state index contributed by atoms with van der Waals surface area (Å²) in [4.78, 5) is 18.5. The molecule has 144 valence electrons. The lowest BCUT2D eigenvalue weighted by molar-refractivity contribution is 0.122. The van der Waals surface area contributed by atoms with E-state index in [-0.39, 0.29) is 12.1 Å². The maximum absolute atomic E-state index is 12.2. The van der Waals surface area contributed by atoms with Gasteiger partial charge in [-0.1, -0.05) is 12.1 Å². The van der Waals surface area contributed by atoms with Gasteiger partial charge in [-0.3, -0.25) is 0 Å². The van der Waals surface area contributed by atoms with Crippen LogP contribution in [0.4, 0.5) is 10.5 Å². The maximum Gasteiger partial charge on any atom is 0.315 e. The molecule has 1 fully saturated rings. The fourth-order valence-corrected chi connectivity index (χ4v) is 2.98. The lowest BCUT2D eigenvalue weighted by atomic mass is 10.1. The molecule has 1 aliphatic rings. The minimum absolute atomic E-state index is 0.0873. The summed E-state index contributed by atoms with van der Waals surface area (Å²) in [5.74, 6) is 0.531. The Bertz CT molecular complexity index is 745. The van der Waals surface area contributed by atoms with Crippen LogP contribution in [0.2, 0.25) is 0 Å². The minimum Gasteiger partial charge on any atom is -0.481 e. The second-order valence-electron chi connectivity index (χ2n) is 6.45. The third-order valence-corrected chi connectivity index (χ3v) is 4.58. The van der Waals surface area contributed by atoms with E-state index in [1.165, 1.54) is 5.69 Å². The smallest absolute Gasteiger partial charge is 0.315 e. The molecule has 2 N–H and O–H groups in total. The highest BCUT2D eigenvalue weighted by molar-refractivity contribution is 5.74. The molecule has 1 saturated heterocycles. The number of nitrogens with one attached hydrogen (secondary N) is 2. The molecule has 1 aliphatic heterocycles. The first-order valence-electron chi connectivity index (χ1n) is 9.11. The number of morpholine rings is 1. The van der Waals surface area contributed by atoms with Crippen LogP contribution in [0.25, 0.3) is 0 Å². The SMILES string of the molecule is COc1cc(CNC(=O)NC(C)c2ccc(N3CCOCC3)cc2)ccn1. The van der Waals surface area contributed by atoms with E-state index < -0.39 is 0 Å². The first-order chi connectivity index (χ1) is 13.2. The number of amides is 2. The number of rotatable bonds is 6. The number of hydrogen-bond donors (Lipinski definition) is 2. The minimum atomic E-state index is -0.212. The summed E-state index contributed by atoms with van der Waals surface area (Å²) in [6, 6.07) is 11.7. The Labute approximate surface area is 159 Å². The van der Waals surface area contributed by atoms with E-state index in [0.29, 0.717) is 12.4 Å². The van der Waals surface area contributed by atoms with E-state index in [2.05, 4.69) is 44.8 Å². The van der Waals surface area contributed by atoms with Gasteiger partial charge in [0.1, 0.15) is 0 Å². The molecule has 0 spiro atoms. The number of nitrogens with zero attached hydrogens (tertiary/aromatic N) is 2. The molecule has 0 bridgehead atoms. The average molecular weight is 370 g/mol. The van der Waals surface area contributed by atoms with E-state index in [4.69, 9.17) is 9.47 Å². The quantitative estimate of drug-likeness (QED) is 0.817. The summed E-state index contributed by atoms with van der Waals surface area (Å²) in [5, 5.41) is 5.82.